The highest BCUT2D eigenvalue weighted by Crippen LogP contribution is 2.44. The molecule has 2 N–H and O–H groups in total. The van der Waals surface area contributed by atoms with E-state index in [2.05, 4.69) is 25.7 Å². The molecule has 2 rings (SSSR count). The average Bonchev–Trinajstić information content (AvgIpc) is 2.85. The Kier molecular flexibility index (Phi) is 6.14. The van der Waals surface area contributed by atoms with E-state index in [4.69, 9.17) is 5.73 Å². The normalized spacial score (nSPS) is 34.0. The maximum atomic E-state index is 6.34. The topological polar surface area (TPSA) is 29.3 Å². The molecule has 0 amide bonds. The molecule has 2 fully saturated rings. The van der Waals surface area contributed by atoms with E-state index in [0.29, 0.717) is 11.0 Å². The Morgan fingerprint density at radius 1 is 1.05 bits per heavy atom. The summed E-state index contributed by atoms with van der Waals surface area (Å²) in [5.41, 5.74) is 7.25. The molecule has 0 aromatic carbocycles. The maximum Gasteiger partial charge on any atom is 0.0332 e. The van der Waals surface area contributed by atoms with E-state index in [1.165, 1.54) is 77.3 Å². The molecule has 2 atom stereocenters. The van der Waals surface area contributed by atoms with E-state index in [-0.39, 0.29) is 0 Å². The number of hydrogen-bond acceptors (Lipinski definition) is 2. The van der Waals surface area contributed by atoms with Crippen LogP contribution >= 0.6 is 0 Å². The molecule has 2 aliphatic rings. The van der Waals surface area contributed by atoms with Crippen LogP contribution in [0.2, 0.25) is 0 Å². The van der Waals surface area contributed by atoms with Crippen molar-refractivity contribution in [1.29, 1.82) is 0 Å². The largest absolute Gasteiger partial charge is 0.329 e. The second kappa shape index (κ2) is 7.46. The molecule has 1 aliphatic carbocycles. The van der Waals surface area contributed by atoms with Gasteiger partial charge in [-0.1, -0.05) is 46.5 Å². The van der Waals surface area contributed by atoms with Crippen molar-refractivity contribution in [2.45, 2.75) is 90.5 Å². The van der Waals surface area contributed by atoms with Gasteiger partial charge in [-0.25, -0.2) is 0 Å². The van der Waals surface area contributed by atoms with Gasteiger partial charge in [0.25, 0.3) is 0 Å². The fourth-order valence-corrected chi connectivity index (χ4v) is 4.98. The fraction of sp³-hybridized carbons (Fsp3) is 1.00. The third kappa shape index (κ3) is 3.64. The lowest BCUT2D eigenvalue weighted by Crippen LogP contribution is -2.53. The van der Waals surface area contributed by atoms with E-state index >= 15 is 0 Å². The van der Waals surface area contributed by atoms with Crippen molar-refractivity contribution in [1.82, 2.24) is 4.90 Å². The van der Waals surface area contributed by atoms with Crippen LogP contribution < -0.4 is 5.73 Å². The highest BCUT2D eigenvalue weighted by Gasteiger charge is 2.44. The zero-order chi connectivity index (χ0) is 15.3. The molecule has 1 heterocycles. The molecular formula is C19H38N2. The summed E-state index contributed by atoms with van der Waals surface area (Å²) in [6.07, 6.45) is 13.8. The van der Waals surface area contributed by atoms with Crippen molar-refractivity contribution < 1.29 is 0 Å². The van der Waals surface area contributed by atoms with Gasteiger partial charge < -0.3 is 5.73 Å². The smallest absolute Gasteiger partial charge is 0.0332 e. The van der Waals surface area contributed by atoms with Crippen LogP contribution in [0.4, 0.5) is 0 Å². The Labute approximate surface area is 132 Å². The standard InChI is InChI=1S/C19H38N2/c1-4-8-17-9-7-11-19(15-20,12-10-17)21-14-13-18(5-2,6-3)16-21/h17H,4-16,20H2,1-3H3. The number of likely N-dealkylation sites (tertiary alicyclic amines) is 1. The van der Waals surface area contributed by atoms with E-state index in [1.54, 1.807) is 0 Å². The minimum Gasteiger partial charge on any atom is -0.329 e. The summed E-state index contributed by atoms with van der Waals surface area (Å²) in [5, 5.41) is 0. The van der Waals surface area contributed by atoms with Crippen molar-refractivity contribution in [3.63, 3.8) is 0 Å². The Hall–Kier alpha value is -0.0800. The Bertz CT molecular complexity index is 311. The van der Waals surface area contributed by atoms with Crippen LogP contribution in [0, 0.1) is 11.3 Å². The van der Waals surface area contributed by atoms with Crippen LogP contribution in [0.3, 0.4) is 0 Å². The second-order valence-electron chi connectivity index (χ2n) is 7.89. The SMILES string of the molecule is CCCC1CCCC(CN)(N2CCC(CC)(CC)C2)CC1. The van der Waals surface area contributed by atoms with Crippen molar-refractivity contribution >= 4 is 0 Å². The molecule has 2 nitrogen and oxygen atoms in total. The summed E-state index contributed by atoms with van der Waals surface area (Å²) >= 11 is 0. The summed E-state index contributed by atoms with van der Waals surface area (Å²) in [4.78, 5) is 2.81. The molecule has 0 bridgehead atoms. The van der Waals surface area contributed by atoms with E-state index in [1.807, 2.05) is 0 Å². The summed E-state index contributed by atoms with van der Waals surface area (Å²) < 4.78 is 0. The van der Waals surface area contributed by atoms with Crippen LogP contribution in [0.15, 0.2) is 0 Å². The van der Waals surface area contributed by atoms with Crippen LogP contribution in [-0.2, 0) is 0 Å². The number of rotatable bonds is 6. The zero-order valence-corrected chi connectivity index (χ0v) is 14.8. The molecule has 124 valence electrons. The van der Waals surface area contributed by atoms with Gasteiger partial charge in [0.2, 0.25) is 0 Å². The molecule has 0 aromatic rings. The van der Waals surface area contributed by atoms with Gasteiger partial charge >= 0.3 is 0 Å². The number of nitrogens with two attached hydrogens (primary N) is 1. The first-order valence-corrected chi connectivity index (χ1v) is 9.59. The van der Waals surface area contributed by atoms with Crippen molar-refractivity contribution in [3.05, 3.63) is 0 Å². The molecule has 0 spiro atoms. The van der Waals surface area contributed by atoms with Gasteiger partial charge in [0, 0.05) is 18.6 Å². The van der Waals surface area contributed by atoms with Crippen molar-refractivity contribution in [2.75, 3.05) is 19.6 Å². The first-order chi connectivity index (χ1) is 10.1. The van der Waals surface area contributed by atoms with Gasteiger partial charge in [-0.3, -0.25) is 4.90 Å². The highest BCUT2D eigenvalue weighted by molar-refractivity contribution is 5.00. The summed E-state index contributed by atoms with van der Waals surface area (Å²) in [6.45, 7) is 10.6. The van der Waals surface area contributed by atoms with Gasteiger partial charge in [0.1, 0.15) is 0 Å². The monoisotopic (exact) mass is 294 g/mol. The quantitative estimate of drug-likeness (QED) is 0.727. The van der Waals surface area contributed by atoms with Crippen LogP contribution in [0.1, 0.15) is 85.0 Å². The van der Waals surface area contributed by atoms with E-state index in [0.717, 1.165) is 12.5 Å². The maximum absolute atomic E-state index is 6.34. The van der Waals surface area contributed by atoms with Gasteiger partial charge in [-0.2, -0.15) is 0 Å². The average molecular weight is 295 g/mol. The van der Waals surface area contributed by atoms with Crippen molar-refractivity contribution in [3.8, 4) is 0 Å². The predicted octanol–water partition coefficient (Wildman–Crippen LogP) is 4.58. The lowest BCUT2D eigenvalue weighted by atomic mass is 9.81. The number of hydrogen-bond donors (Lipinski definition) is 1. The third-order valence-electron chi connectivity index (χ3n) is 6.96. The van der Waals surface area contributed by atoms with Crippen LogP contribution in [0.5, 0.6) is 0 Å². The minimum atomic E-state index is 0.328. The Morgan fingerprint density at radius 3 is 2.38 bits per heavy atom. The van der Waals surface area contributed by atoms with Crippen LogP contribution in [-0.4, -0.2) is 30.1 Å². The van der Waals surface area contributed by atoms with Gasteiger partial charge in [-0.15, -0.1) is 0 Å². The zero-order valence-electron chi connectivity index (χ0n) is 14.8. The van der Waals surface area contributed by atoms with E-state index < -0.39 is 0 Å². The van der Waals surface area contributed by atoms with Gasteiger partial charge in [0.15, 0.2) is 0 Å². The lowest BCUT2D eigenvalue weighted by molar-refractivity contribution is 0.0860. The Morgan fingerprint density at radius 2 is 1.81 bits per heavy atom. The first-order valence-electron chi connectivity index (χ1n) is 9.59. The molecular weight excluding hydrogens is 256 g/mol. The second-order valence-corrected chi connectivity index (χ2v) is 7.89. The van der Waals surface area contributed by atoms with Gasteiger partial charge in [0.05, 0.1) is 0 Å². The van der Waals surface area contributed by atoms with Gasteiger partial charge in [-0.05, 0) is 56.4 Å². The molecule has 1 saturated heterocycles. The molecule has 1 aliphatic heterocycles. The summed E-state index contributed by atoms with van der Waals surface area (Å²) in [7, 11) is 0. The highest BCUT2D eigenvalue weighted by atomic mass is 15.2. The first kappa shape index (κ1) is 17.3. The van der Waals surface area contributed by atoms with E-state index in [9.17, 15) is 0 Å². The summed E-state index contributed by atoms with van der Waals surface area (Å²) in [5.74, 6) is 0.966. The molecule has 2 heteroatoms. The van der Waals surface area contributed by atoms with Crippen molar-refractivity contribution in [2.24, 2.45) is 17.1 Å². The lowest BCUT2D eigenvalue weighted by Gasteiger charge is -2.42. The molecule has 1 saturated carbocycles. The molecule has 21 heavy (non-hydrogen) atoms. The molecule has 0 radical (unpaired) electrons. The predicted molar refractivity (Wildman–Crippen MR) is 92.5 cm³/mol. The minimum absolute atomic E-state index is 0.328. The fourth-order valence-electron chi connectivity index (χ4n) is 4.98. The van der Waals surface area contributed by atoms with Crippen LogP contribution in [0.25, 0.3) is 0 Å². The summed E-state index contributed by atoms with van der Waals surface area (Å²) in [6, 6.07) is 0. The number of nitrogens with zero attached hydrogens (tertiary/aromatic N) is 1. The molecule has 0 aromatic heterocycles. The Balaban J connectivity index is 2.05. The molecule has 2 unspecified atom stereocenters. The third-order valence-corrected chi connectivity index (χ3v) is 6.96.